The molecule has 2 aromatic rings. The van der Waals surface area contributed by atoms with Gasteiger partial charge in [-0.3, -0.25) is 0 Å². The summed E-state index contributed by atoms with van der Waals surface area (Å²) in [6, 6.07) is 16.6. The molecular weight excluding hydrogens is 232 g/mol. The van der Waals surface area contributed by atoms with E-state index in [4.69, 9.17) is 4.74 Å². The van der Waals surface area contributed by atoms with Crippen LogP contribution in [0, 0.1) is 0 Å². The molecule has 2 aromatic carbocycles. The summed E-state index contributed by atoms with van der Waals surface area (Å²) in [5, 5.41) is 0. The van der Waals surface area contributed by atoms with Crippen molar-refractivity contribution in [2.45, 2.75) is 26.4 Å². The van der Waals surface area contributed by atoms with E-state index in [0.29, 0.717) is 0 Å². The van der Waals surface area contributed by atoms with Gasteiger partial charge in [0.15, 0.2) is 0 Å². The van der Waals surface area contributed by atoms with Gasteiger partial charge >= 0.3 is 0 Å². The fourth-order valence-corrected chi connectivity index (χ4v) is 2.16. The van der Waals surface area contributed by atoms with Crippen molar-refractivity contribution in [3.63, 3.8) is 0 Å². The summed E-state index contributed by atoms with van der Waals surface area (Å²) < 4.78 is 5.91. The van der Waals surface area contributed by atoms with E-state index in [1.807, 2.05) is 38.1 Å². The second kappa shape index (κ2) is 6.24. The molecule has 2 rings (SSSR count). The molecule has 0 heterocycles. The summed E-state index contributed by atoms with van der Waals surface area (Å²) in [5.74, 6) is 0.939. The Morgan fingerprint density at radius 2 is 1.63 bits per heavy atom. The van der Waals surface area contributed by atoms with Crippen molar-refractivity contribution in [1.82, 2.24) is 0 Å². The Morgan fingerprint density at radius 3 is 2.32 bits per heavy atom. The molecule has 0 spiro atoms. The van der Waals surface area contributed by atoms with E-state index in [1.54, 1.807) is 0 Å². The summed E-state index contributed by atoms with van der Waals surface area (Å²) in [4.78, 5) is 0. The molecule has 0 amide bonds. The molecule has 0 N–H and O–H groups in total. The number of allylic oxidation sites excluding steroid dienone is 1. The van der Waals surface area contributed by atoms with E-state index < -0.39 is 0 Å². The van der Waals surface area contributed by atoms with Crippen LogP contribution in [-0.4, -0.2) is 6.10 Å². The average Bonchev–Trinajstić information content (AvgIpc) is 2.40. The largest absolute Gasteiger partial charge is 0.490 e. The molecule has 0 saturated heterocycles. The topological polar surface area (TPSA) is 9.23 Å². The molecule has 1 heteroatoms. The number of benzene rings is 2. The highest BCUT2D eigenvalue weighted by Crippen LogP contribution is 2.33. The highest BCUT2D eigenvalue weighted by Gasteiger charge is 2.10. The van der Waals surface area contributed by atoms with Crippen LogP contribution in [0.3, 0.4) is 0 Å². The van der Waals surface area contributed by atoms with Gasteiger partial charge in [0.25, 0.3) is 0 Å². The van der Waals surface area contributed by atoms with Crippen LogP contribution in [0.25, 0.3) is 11.1 Å². The first-order valence-electron chi connectivity index (χ1n) is 6.67. The Morgan fingerprint density at radius 1 is 1.00 bits per heavy atom. The van der Waals surface area contributed by atoms with Crippen LogP contribution < -0.4 is 4.74 Å². The zero-order chi connectivity index (χ0) is 13.7. The van der Waals surface area contributed by atoms with E-state index >= 15 is 0 Å². The molecule has 0 unspecified atom stereocenters. The fourth-order valence-electron chi connectivity index (χ4n) is 2.16. The van der Waals surface area contributed by atoms with Crippen molar-refractivity contribution < 1.29 is 4.74 Å². The van der Waals surface area contributed by atoms with Gasteiger partial charge in [-0.25, -0.2) is 0 Å². The minimum absolute atomic E-state index is 0.174. The Balaban J connectivity index is 2.49. The molecular formula is C18H20O. The van der Waals surface area contributed by atoms with Crippen molar-refractivity contribution >= 4 is 0 Å². The number of para-hydroxylation sites is 1. The molecule has 0 aromatic heterocycles. The molecule has 0 atom stereocenters. The Hall–Kier alpha value is -2.02. The molecule has 19 heavy (non-hydrogen) atoms. The van der Waals surface area contributed by atoms with Crippen LogP contribution in [0.4, 0.5) is 0 Å². The molecule has 1 nitrogen and oxygen atoms in total. The maximum atomic E-state index is 5.91. The second-order valence-electron chi connectivity index (χ2n) is 4.81. The summed E-state index contributed by atoms with van der Waals surface area (Å²) in [6.07, 6.45) is 2.98. The van der Waals surface area contributed by atoms with E-state index in [0.717, 1.165) is 17.7 Å². The van der Waals surface area contributed by atoms with E-state index in [2.05, 4.69) is 36.9 Å². The molecule has 0 aliphatic carbocycles. The van der Waals surface area contributed by atoms with Gasteiger partial charge in [-0.15, -0.1) is 6.58 Å². The first kappa shape index (κ1) is 13.4. The summed E-state index contributed by atoms with van der Waals surface area (Å²) in [7, 11) is 0. The standard InChI is InChI=1S/C18H20O/c1-4-9-15-10-5-6-11-16(15)17-12-7-8-13-18(17)19-14(2)3/h4-8,10-14H,1,9H2,2-3H3. The maximum Gasteiger partial charge on any atom is 0.127 e. The third kappa shape index (κ3) is 3.25. The fraction of sp³-hybridized carbons (Fsp3) is 0.222. The van der Waals surface area contributed by atoms with Gasteiger partial charge in [0.1, 0.15) is 5.75 Å². The summed E-state index contributed by atoms with van der Waals surface area (Å²) in [6.45, 7) is 7.93. The molecule has 0 aliphatic heterocycles. The molecule has 0 fully saturated rings. The third-order valence-corrected chi connectivity index (χ3v) is 2.92. The maximum absolute atomic E-state index is 5.91. The predicted octanol–water partition coefficient (Wildman–Crippen LogP) is 4.87. The molecule has 0 saturated carbocycles. The molecule has 0 radical (unpaired) electrons. The number of hydrogen-bond acceptors (Lipinski definition) is 1. The summed E-state index contributed by atoms with van der Waals surface area (Å²) in [5.41, 5.74) is 3.64. The Bertz CT molecular complexity index is 555. The van der Waals surface area contributed by atoms with Gasteiger partial charge < -0.3 is 4.74 Å². The monoisotopic (exact) mass is 252 g/mol. The number of ether oxygens (including phenoxy) is 1. The smallest absolute Gasteiger partial charge is 0.127 e. The van der Waals surface area contributed by atoms with Gasteiger partial charge in [-0.05, 0) is 37.5 Å². The van der Waals surface area contributed by atoms with E-state index in [-0.39, 0.29) is 6.10 Å². The Kier molecular flexibility index (Phi) is 4.40. The number of rotatable bonds is 5. The van der Waals surface area contributed by atoms with Crippen molar-refractivity contribution in [3.8, 4) is 16.9 Å². The average molecular weight is 252 g/mol. The SMILES string of the molecule is C=CCc1ccccc1-c1ccccc1OC(C)C. The van der Waals surface area contributed by atoms with Crippen LogP contribution >= 0.6 is 0 Å². The van der Waals surface area contributed by atoms with E-state index in [1.165, 1.54) is 11.1 Å². The Labute approximate surface area is 115 Å². The normalized spacial score (nSPS) is 10.5. The minimum atomic E-state index is 0.174. The van der Waals surface area contributed by atoms with Gasteiger partial charge in [-0.2, -0.15) is 0 Å². The third-order valence-electron chi connectivity index (χ3n) is 2.92. The first-order valence-corrected chi connectivity index (χ1v) is 6.67. The highest BCUT2D eigenvalue weighted by atomic mass is 16.5. The summed E-state index contributed by atoms with van der Waals surface area (Å²) >= 11 is 0. The lowest BCUT2D eigenvalue weighted by Crippen LogP contribution is -2.06. The van der Waals surface area contributed by atoms with Crippen LogP contribution in [0.15, 0.2) is 61.2 Å². The molecule has 0 aliphatic rings. The van der Waals surface area contributed by atoms with Crippen molar-refractivity contribution in [1.29, 1.82) is 0 Å². The molecule has 98 valence electrons. The number of hydrogen-bond donors (Lipinski definition) is 0. The van der Waals surface area contributed by atoms with Crippen LogP contribution in [0.2, 0.25) is 0 Å². The van der Waals surface area contributed by atoms with Crippen LogP contribution in [0.1, 0.15) is 19.4 Å². The van der Waals surface area contributed by atoms with Gasteiger partial charge in [-0.1, -0.05) is 48.5 Å². The van der Waals surface area contributed by atoms with Gasteiger partial charge in [0.2, 0.25) is 0 Å². The molecule has 0 bridgehead atoms. The van der Waals surface area contributed by atoms with Crippen LogP contribution in [0.5, 0.6) is 5.75 Å². The lowest BCUT2D eigenvalue weighted by Gasteiger charge is -2.16. The van der Waals surface area contributed by atoms with Crippen molar-refractivity contribution in [2.75, 3.05) is 0 Å². The minimum Gasteiger partial charge on any atom is -0.490 e. The van der Waals surface area contributed by atoms with Crippen LogP contribution in [-0.2, 0) is 6.42 Å². The van der Waals surface area contributed by atoms with Crippen molar-refractivity contribution in [2.24, 2.45) is 0 Å². The zero-order valence-corrected chi connectivity index (χ0v) is 11.6. The lowest BCUT2D eigenvalue weighted by molar-refractivity contribution is 0.243. The van der Waals surface area contributed by atoms with E-state index in [9.17, 15) is 0 Å². The quantitative estimate of drug-likeness (QED) is 0.690. The second-order valence-corrected chi connectivity index (χ2v) is 4.81. The van der Waals surface area contributed by atoms with Crippen molar-refractivity contribution in [3.05, 3.63) is 66.7 Å². The van der Waals surface area contributed by atoms with Gasteiger partial charge in [0.05, 0.1) is 6.10 Å². The lowest BCUT2D eigenvalue weighted by atomic mass is 9.97. The zero-order valence-electron chi connectivity index (χ0n) is 11.6. The first-order chi connectivity index (χ1) is 9.22. The predicted molar refractivity (Wildman–Crippen MR) is 81.5 cm³/mol. The highest BCUT2D eigenvalue weighted by molar-refractivity contribution is 5.73. The van der Waals surface area contributed by atoms with Gasteiger partial charge in [0, 0.05) is 5.56 Å².